The number of aromatic nitrogens is 2. The normalized spacial score (nSPS) is 23.4. The summed E-state index contributed by atoms with van der Waals surface area (Å²) in [6.45, 7) is 2.36. The third kappa shape index (κ3) is 2.01. The van der Waals surface area contributed by atoms with Crippen molar-refractivity contribution in [1.82, 2.24) is 9.78 Å². The average molecular weight is 234 g/mol. The molecule has 1 aliphatic rings. The average Bonchev–Trinajstić information content (AvgIpc) is 2.88. The van der Waals surface area contributed by atoms with Crippen molar-refractivity contribution in [2.45, 2.75) is 25.4 Å². The van der Waals surface area contributed by atoms with Gasteiger partial charge in [-0.05, 0) is 19.8 Å². The van der Waals surface area contributed by atoms with Gasteiger partial charge in [-0.3, -0.25) is 9.48 Å². The minimum absolute atomic E-state index is 0.227. The number of nitrogens with zero attached hydrogens (tertiary/aromatic N) is 3. The predicted octanol–water partition coefficient (Wildman–Crippen LogP) is 0.799. The van der Waals surface area contributed by atoms with Gasteiger partial charge in [0.1, 0.15) is 23.1 Å². The van der Waals surface area contributed by atoms with Crippen LogP contribution in [0, 0.1) is 11.3 Å². The van der Waals surface area contributed by atoms with Gasteiger partial charge in [0, 0.05) is 13.7 Å². The van der Waals surface area contributed by atoms with E-state index in [1.807, 2.05) is 6.07 Å². The largest absolute Gasteiger partial charge is 0.365 e. The Labute approximate surface area is 99.2 Å². The van der Waals surface area contributed by atoms with Crippen LogP contribution in [0.15, 0.2) is 6.20 Å². The number of nitriles is 1. The number of ether oxygens (including phenoxy) is 1. The van der Waals surface area contributed by atoms with Crippen molar-refractivity contribution in [3.8, 4) is 6.07 Å². The molecule has 1 unspecified atom stereocenters. The molecule has 0 saturated carbocycles. The summed E-state index contributed by atoms with van der Waals surface area (Å²) in [6.07, 6.45) is 2.99. The molecular weight excluding hydrogens is 220 g/mol. The molecule has 1 aliphatic heterocycles. The SMILES string of the molecule is Cn1ncc(C#N)c1NC(=O)C1(C)CCCO1. The summed E-state index contributed by atoms with van der Waals surface area (Å²) in [5.74, 6) is 0.185. The first-order valence-electron chi connectivity index (χ1n) is 5.44. The molecule has 1 aromatic heterocycles. The van der Waals surface area contributed by atoms with Gasteiger partial charge >= 0.3 is 0 Å². The second-order valence-corrected chi connectivity index (χ2v) is 4.28. The topological polar surface area (TPSA) is 79.9 Å². The molecule has 90 valence electrons. The second kappa shape index (κ2) is 4.18. The third-order valence-electron chi connectivity index (χ3n) is 2.99. The van der Waals surface area contributed by atoms with Gasteiger partial charge in [-0.25, -0.2) is 0 Å². The van der Waals surface area contributed by atoms with Gasteiger partial charge in [-0.15, -0.1) is 0 Å². The summed E-state index contributed by atoms with van der Waals surface area (Å²) < 4.78 is 6.91. The molecule has 1 fully saturated rings. The molecule has 1 amide bonds. The minimum atomic E-state index is -0.795. The Morgan fingerprint density at radius 2 is 2.53 bits per heavy atom. The fourth-order valence-electron chi connectivity index (χ4n) is 1.87. The van der Waals surface area contributed by atoms with Gasteiger partial charge < -0.3 is 10.1 Å². The fourth-order valence-corrected chi connectivity index (χ4v) is 1.87. The van der Waals surface area contributed by atoms with Crippen LogP contribution in [0.2, 0.25) is 0 Å². The molecule has 2 rings (SSSR count). The first kappa shape index (κ1) is 11.6. The standard InChI is InChI=1S/C11H14N4O2/c1-11(4-3-5-17-11)10(16)14-9-8(6-12)7-13-15(9)2/h7H,3-5H2,1-2H3,(H,14,16). The van der Waals surface area contributed by atoms with E-state index in [0.717, 1.165) is 6.42 Å². The Hall–Kier alpha value is -1.87. The maximum absolute atomic E-state index is 12.1. The van der Waals surface area contributed by atoms with Crippen LogP contribution in [0.25, 0.3) is 0 Å². The highest BCUT2D eigenvalue weighted by molar-refractivity contribution is 5.97. The van der Waals surface area contributed by atoms with Crippen LogP contribution in [-0.2, 0) is 16.6 Å². The Balaban J connectivity index is 2.18. The van der Waals surface area contributed by atoms with Crippen molar-refractivity contribution in [3.05, 3.63) is 11.8 Å². The van der Waals surface area contributed by atoms with E-state index < -0.39 is 5.60 Å². The summed E-state index contributed by atoms with van der Waals surface area (Å²) >= 11 is 0. The van der Waals surface area contributed by atoms with Crippen molar-refractivity contribution in [3.63, 3.8) is 0 Å². The van der Waals surface area contributed by atoms with Crippen LogP contribution in [0.5, 0.6) is 0 Å². The summed E-state index contributed by atoms with van der Waals surface area (Å²) in [7, 11) is 1.67. The molecule has 0 spiro atoms. The monoisotopic (exact) mass is 234 g/mol. The van der Waals surface area contributed by atoms with Crippen LogP contribution >= 0.6 is 0 Å². The Kier molecular flexibility index (Phi) is 2.86. The summed E-state index contributed by atoms with van der Waals surface area (Å²) in [4.78, 5) is 12.1. The predicted molar refractivity (Wildman–Crippen MR) is 60.1 cm³/mol. The van der Waals surface area contributed by atoms with Gasteiger partial charge in [0.15, 0.2) is 0 Å². The van der Waals surface area contributed by atoms with E-state index in [4.69, 9.17) is 10.00 Å². The number of amides is 1. The zero-order valence-corrected chi connectivity index (χ0v) is 9.86. The lowest BCUT2D eigenvalue weighted by atomic mass is 10.0. The van der Waals surface area contributed by atoms with Crippen LogP contribution in [-0.4, -0.2) is 27.9 Å². The lowest BCUT2D eigenvalue weighted by Crippen LogP contribution is -2.39. The first-order chi connectivity index (χ1) is 8.07. The van der Waals surface area contributed by atoms with E-state index in [9.17, 15) is 4.79 Å². The van der Waals surface area contributed by atoms with Crippen LogP contribution in [0.1, 0.15) is 25.3 Å². The number of aryl methyl sites for hydroxylation is 1. The molecule has 0 bridgehead atoms. The van der Waals surface area contributed by atoms with Gasteiger partial charge in [0.05, 0.1) is 6.20 Å². The van der Waals surface area contributed by atoms with E-state index in [1.165, 1.54) is 10.9 Å². The molecule has 0 aromatic carbocycles. The summed E-state index contributed by atoms with van der Waals surface area (Å²) in [5, 5.41) is 15.5. The fraction of sp³-hybridized carbons (Fsp3) is 0.545. The Bertz CT molecular complexity index is 480. The van der Waals surface area contributed by atoms with E-state index in [-0.39, 0.29) is 5.91 Å². The second-order valence-electron chi connectivity index (χ2n) is 4.28. The van der Waals surface area contributed by atoms with Crippen LogP contribution in [0.3, 0.4) is 0 Å². The molecule has 6 nitrogen and oxygen atoms in total. The maximum Gasteiger partial charge on any atom is 0.257 e. The van der Waals surface area contributed by atoms with Crippen molar-refractivity contribution in [1.29, 1.82) is 5.26 Å². The molecular formula is C11H14N4O2. The van der Waals surface area contributed by atoms with Crippen molar-refractivity contribution in [2.24, 2.45) is 7.05 Å². The van der Waals surface area contributed by atoms with E-state index >= 15 is 0 Å². The third-order valence-corrected chi connectivity index (χ3v) is 2.99. The number of carbonyl (C=O) groups excluding carboxylic acids is 1. The van der Waals surface area contributed by atoms with E-state index in [2.05, 4.69) is 10.4 Å². The summed E-state index contributed by atoms with van der Waals surface area (Å²) in [6, 6.07) is 1.99. The Morgan fingerprint density at radius 1 is 1.76 bits per heavy atom. The molecule has 17 heavy (non-hydrogen) atoms. The number of carbonyl (C=O) groups is 1. The minimum Gasteiger partial charge on any atom is -0.365 e. The van der Waals surface area contributed by atoms with Gasteiger partial charge in [0.25, 0.3) is 5.91 Å². The first-order valence-corrected chi connectivity index (χ1v) is 5.44. The highest BCUT2D eigenvalue weighted by Crippen LogP contribution is 2.27. The van der Waals surface area contributed by atoms with Crippen molar-refractivity contribution < 1.29 is 9.53 Å². The van der Waals surface area contributed by atoms with E-state index in [0.29, 0.717) is 24.4 Å². The quantitative estimate of drug-likeness (QED) is 0.820. The molecule has 1 saturated heterocycles. The number of hydrogen-bond acceptors (Lipinski definition) is 4. The Morgan fingerprint density at radius 3 is 3.12 bits per heavy atom. The highest BCUT2D eigenvalue weighted by atomic mass is 16.5. The smallest absolute Gasteiger partial charge is 0.257 e. The highest BCUT2D eigenvalue weighted by Gasteiger charge is 2.38. The van der Waals surface area contributed by atoms with E-state index in [1.54, 1.807) is 14.0 Å². The molecule has 6 heteroatoms. The maximum atomic E-state index is 12.1. The molecule has 1 aromatic rings. The number of nitrogens with one attached hydrogen (secondary N) is 1. The molecule has 1 N–H and O–H groups in total. The van der Waals surface area contributed by atoms with Crippen molar-refractivity contribution in [2.75, 3.05) is 11.9 Å². The van der Waals surface area contributed by atoms with Crippen LogP contribution in [0.4, 0.5) is 5.82 Å². The lowest BCUT2D eigenvalue weighted by molar-refractivity contribution is -0.133. The number of anilines is 1. The van der Waals surface area contributed by atoms with Gasteiger partial charge in [-0.2, -0.15) is 10.4 Å². The number of rotatable bonds is 2. The van der Waals surface area contributed by atoms with Crippen LogP contribution < -0.4 is 5.32 Å². The number of hydrogen-bond donors (Lipinski definition) is 1. The summed E-state index contributed by atoms with van der Waals surface area (Å²) in [5.41, 5.74) is -0.445. The van der Waals surface area contributed by atoms with Gasteiger partial charge in [-0.1, -0.05) is 0 Å². The lowest BCUT2D eigenvalue weighted by Gasteiger charge is -2.21. The molecule has 2 heterocycles. The molecule has 0 aliphatic carbocycles. The zero-order valence-electron chi connectivity index (χ0n) is 9.86. The molecule has 0 radical (unpaired) electrons. The van der Waals surface area contributed by atoms with Gasteiger partial charge in [0.2, 0.25) is 0 Å². The van der Waals surface area contributed by atoms with Crippen molar-refractivity contribution >= 4 is 11.7 Å². The zero-order chi connectivity index (χ0) is 12.5. The molecule has 1 atom stereocenters.